The summed E-state index contributed by atoms with van der Waals surface area (Å²) < 4.78 is 53.9. The Morgan fingerprint density at radius 3 is 2.23 bits per heavy atom. The number of aromatic nitrogens is 4. The van der Waals surface area contributed by atoms with Crippen LogP contribution in [-0.2, 0) is 26.5 Å². The van der Waals surface area contributed by atoms with Gasteiger partial charge in [0.1, 0.15) is 16.8 Å². The molecule has 2 heterocycles. The smallest absolute Gasteiger partial charge is 0.271 e. The summed E-state index contributed by atoms with van der Waals surface area (Å²) in [6.07, 6.45) is 6.40. The summed E-state index contributed by atoms with van der Waals surface area (Å²) in [4.78, 5) is 7.93. The highest BCUT2D eigenvalue weighted by molar-refractivity contribution is 7.90. The van der Waals surface area contributed by atoms with Crippen LogP contribution in [0.5, 0.6) is 0 Å². The molecule has 0 aliphatic carbocycles. The first-order valence-electron chi connectivity index (χ1n) is 5.98. The van der Waals surface area contributed by atoms with Crippen LogP contribution in [0.4, 0.5) is 0 Å². The van der Waals surface area contributed by atoms with Gasteiger partial charge >= 0.3 is 0 Å². The van der Waals surface area contributed by atoms with Gasteiger partial charge in [-0.1, -0.05) is 4.68 Å². The molecule has 11 heteroatoms. The lowest BCUT2D eigenvalue weighted by molar-refractivity contribution is -0.750. The summed E-state index contributed by atoms with van der Waals surface area (Å²) in [6.45, 7) is 0.00693. The number of nitrogens with zero attached hydrogens (tertiary/aromatic N) is 4. The highest BCUT2D eigenvalue weighted by atomic mass is 32.2. The van der Waals surface area contributed by atoms with Gasteiger partial charge in [-0.3, -0.25) is 4.55 Å². The minimum atomic E-state index is -4.05. The van der Waals surface area contributed by atoms with Crippen LogP contribution in [-0.4, -0.2) is 48.5 Å². The summed E-state index contributed by atoms with van der Waals surface area (Å²) in [5.41, 5.74) is 0.545. The van der Waals surface area contributed by atoms with Crippen LogP contribution >= 0.6 is 0 Å². The fourth-order valence-corrected chi connectivity index (χ4v) is 2.42. The molecule has 0 saturated heterocycles. The third-order valence-corrected chi connectivity index (χ3v) is 4.43. The predicted molar refractivity (Wildman–Crippen MR) is 75.0 cm³/mol. The van der Waals surface area contributed by atoms with Crippen molar-refractivity contribution in [2.24, 2.45) is 0 Å². The molecule has 0 aromatic carbocycles. The lowest BCUT2D eigenvalue weighted by atomic mass is 10.3. The van der Waals surface area contributed by atoms with Gasteiger partial charge in [0.2, 0.25) is 0 Å². The van der Waals surface area contributed by atoms with E-state index in [1.54, 1.807) is 6.07 Å². The number of hydrogen-bond donors (Lipinski definition) is 1. The molecule has 2 aromatic rings. The van der Waals surface area contributed by atoms with Crippen molar-refractivity contribution >= 4 is 20.0 Å². The van der Waals surface area contributed by atoms with E-state index in [2.05, 4.69) is 15.1 Å². The van der Waals surface area contributed by atoms with Crippen LogP contribution in [0.2, 0.25) is 0 Å². The molecule has 118 valence electrons. The van der Waals surface area contributed by atoms with Crippen molar-refractivity contribution in [2.75, 3.05) is 12.0 Å². The second kappa shape index (κ2) is 6.02. The summed E-state index contributed by atoms with van der Waals surface area (Å²) in [6, 6.07) is 1.60. The maximum absolute atomic E-state index is 11.3. The lowest BCUT2D eigenvalue weighted by Crippen LogP contribution is -2.40. The van der Waals surface area contributed by atoms with Gasteiger partial charge in [-0.2, -0.15) is 8.42 Å². The number of hydrogen-bond acceptors (Lipinski definition) is 7. The van der Waals surface area contributed by atoms with Gasteiger partial charge in [-0.05, 0) is 5.10 Å². The lowest BCUT2D eigenvalue weighted by Gasteiger charge is -2.00. The Morgan fingerprint density at radius 1 is 1.14 bits per heavy atom. The predicted octanol–water partition coefficient (Wildman–Crippen LogP) is -0.883. The average molecular weight is 345 g/mol. The van der Waals surface area contributed by atoms with Crippen molar-refractivity contribution in [1.29, 1.82) is 0 Å². The molecular formula is C11H13N4O5S2+. The van der Waals surface area contributed by atoms with Crippen molar-refractivity contribution in [3.8, 4) is 11.4 Å². The first-order chi connectivity index (χ1) is 10.1. The molecule has 0 bridgehead atoms. The molecule has 1 N–H and O–H groups in total. The summed E-state index contributed by atoms with van der Waals surface area (Å²) in [7, 11) is -7.40. The third kappa shape index (κ3) is 4.51. The second-order valence-corrected chi connectivity index (χ2v) is 8.07. The van der Waals surface area contributed by atoms with E-state index in [0.717, 1.165) is 6.26 Å². The molecule has 0 fully saturated rings. The standard InChI is InChI=1S/C11H12N4O5S2/c1-21(16,17)10-7-12-11(13-8-10)9-2-3-15(14-6-9)4-5-22(18,19)20/h2-3,6-8H,4-5H2,1H3/p+1. The Bertz CT molecular complexity index is 862. The Kier molecular flexibility index (Phi) is 4.49. The minimum Gasteiger partial charge on any atom is -0.285 e. The highest BCUT2D eigenvalue weighted by Gasteiger charge is 2.13. The van der Waals surface area contributed by atoms with E-state index >= 15 is 0 Å². The van der Waals surface area contributed by atoms with E-state index in [1.807, 2.05) is 0 Å². The molecule has 22 heavy (non-hydrogen) atoms. The quantitative estimate of drug-likeness (QED) is 0.546. The summed E-state index contributed by atoms with van der Waals surface area (Å²) in [5, 5.41) is 3.97. The van der Waals surface area contributed by atoms with Crippen molar-refractivity contribution in [1.82, 2.24) is 15.1 Å². The Labute approximate surface area is 127 Å². The fraction of sp³-hybridized carbons (Fsp3) is 0.273. The second-order valence-electron chi connectivity index (χ2n) is 4.48. The molecule has 2 rings (SSSR count). The maximum atomic E-state index is 11.3. The molecule has 0 unspecified atom stereocenters. The van der Waals surface area contributed by atoms with Crippen LogP contribution in [0.1, 0.15) is 0 Å². The van der Waals surface area contributed by atoms with E-state index in [9.17, 15) is 16.8 Å². The molecule has 0 amide bonds. The van der Waals surface area contributed by atoms with E-state index in [4.69, 9.17) is 4.55 Å². The third-order valence-electron chi connectivity index (χ3n) is 2.66. The topological polar surface area (TPSA) is 131 Å². The zero-order valence-corrected chi connectivity index (χ0v) is 13.1. The van der Waals surface area contributed by atoms with Crippen LogP contribution < -0.4 is 4.68 Å². The Balaban J connectivity index is 2.17. The number of sulfone groups is 1. The Morgan fingerprint density at radius 2 is 1.77 bits per heavy atom. The van der Waals surface area contributed by atoms with Gasteiger partial charge in [-0.15, -0.1) is 0 Å². The van der Waals surface area contributed by atoms with Crippen molar-refractivity contribution in [3.63, 3.8) is 0 Å². The molecule has 2 aromatic heterocycles. The number of aryl methyl sites for hydroxylation is 1. The van der Waals surface area contributed by atoms with Crippen molar-refractivity contribution < 1.29 is 26.1 Å². The van der Waals surface area contributed by atoms with Crippen LogP contribution in [0, 0.1) is 0 Å². The van der Waals surface area contributed by atoms with Crippen molar-refractivity contribution in [3.05, 3.63) is 30.9 Å². The number of rotatable bonds is 5. The van der Waals surface area contributed by atoms with Gasteiger partial charge < -0.3 is 0 Å². The minimum absolute atomic E-state index is 0.00693. The van der Waals surface area contributed by atoms with E-state index < -0.39 is 25.7 Å². The van der Waals surface area contributed by atoms with Gasteiger partial charge in [0, 0.05) is 30.3 Å². The van der Waals surface area contributed by atoms with Gasteiger partial charge in [0.15, 0.2) is 28.4 Å². The van der Waals surface area contributed by atoms with Crippen molar-refractivity contribution in [2.45, 2.75) is 11.4 Å². The SMILES string of the molecule is CS(=O)(=O)c1cnc(-c2cc[n+](CCS(=O)(=O)O)nc2)nc1. The molecule has 0 spiro atoms. The molecule has 0 aliphatic heterocycles. The summed E-state index contributed by atoms with van der Waals surface area (Å²) in [5.74, 6) is -0.148. The fourth-order valence-electron chi connectivity index (χ4n) is 1.51. The van der Waals surface area contributed by atoms with Crippen LogP contribution in [0.3, 0.4) is 0 Å². The zero-order chi connectivity index (χ0) is 16.4. The normalized spacial score (nSPS) is 12.3. The first kappa shape index (κ1) is 16.4. The molecule has 0 atom stereocenters. The molecule has 0 saturated carbocycles. The monoisotopic (exact) mass is 345 g/mol. The van der Waals surface area contributed by atoms with Crippen LogP contribution in [0.15, 0.2) is 35.7 Å². The largest absolute Gasteiger partial charge is 0.285 e. The molecular weight excluding hydrogens is 332 g/mol. The maximum Gasteiger partial charge on any atom is 0.271 e. The molecule has 0 radical (unpaired) electrons. The van der Waals surface area contributed by atoms with E-state index in [1.165, 1.54) is 29.5 Å². The van der Waals surface area contributed by atoms with Crippen LogP contribution in [0.25, 0.3) is 11.4 Å². The first-order valence-corrected chi connectivity index (χ1v) is 9.49. The van der Waals surface area contributed by atoms with Gasteiger partial charge in [-0.25, -0.2) is 18.4 Å². The zero-order valence-electron chi connectivity index (χ0n) is 11.5. The van der Waals surface area contributed by atoms with Gasteiger partial charge in [0.05, 0.1) is 0 Å². The Hall–Kier alpha value is -1.98. The van der Waals surface area contributed by atoms with E-state index in [-0.39, 0.29) is 11.4 Å². The highest BCUT2D eigenvalue weighted by Crippen LogP contribution is 2.13. The van der Waals surface area contributed by atoms with E-state index in [0.29, 0.717) is 11.4 Å². The summed E-state index contributed by atoms with van der Waals surface area (Å²) >= 11 is 0. The molecule has 9 nitrogen and oxygen atoms in total. The average Bonchev–Trinajstić information content (AvgIpc) is 2.44. The van der Waals surface area contributed by atoms with Gasteiger partial charge in [0.25, 0.3) is 10.1 Å². The molecule has 0 aliphatic rings.